The molecule has 1 N–H and O–H groups in total. The third kappa shape index (κ3) is 3.38. The Morgan fingerprint density at radius 1 is 1.31 bits per heavy atom. The van der Waals surface area contributed by atoms with E-state index < -0.39 is 11.6 Å². The summed E-state index contributed by atoms with van der Waals surface area (Å²) in [5.41, 5.74) is -0.533. The van der Waals surface area contributed by atoms with Gasteiger partial charge >= 0.3 is 5.97 Å². The van der Waals surface area contributed by atoms with Gasteiger partial charge in [0.2, 0.25) is 0 Å². The second kappa shape index (κ2) is 4.79. The smallest absolute Gasteiger partial charge is 0.303 e. The quantitative estimate of drug-likeness (QED) is 0.790. The summed E-state index contributed by atoms with van der Waals surface area (Å²) < 4.78 is 4.91. The number of hydrogen-bond acceptors (Lipinski definition) is 3. The molecule has 85 valence electrons. The molecule has 0 heterocycles. The standard InChI is InChI=1S/C12H14NO3/c1-9(14)16-12(2,3)11(15)13-10-7-5-4-6-8-10/h5-8H,1-3H3,(H,13,15). The molecular weight excluding hydrogens is 206 g/mol. The Balaban J connectivity index is 2.68. The van der Waals surface area contributed by atoms with Crippen LogP contribution in [0.25, 0.3) is 0 Å². The third-order valence-corrected chi connectivity index (χ3v) is 1.92. The normalized spacial score (nSPS) is 10.7. The van der Waals surface area contributed by atoms with Crippen molar-refractivity contribution in [3.8, 4) is 0 Å². The van der Waals surface area contributed by atoms with Crippen molar-refractivity contribution in [2.75, 3.05) is 5.32 Å². The van der Waals surface area contributed by atoms with Gasteiger partial charge in [0.05, 0.1) is 0 Å². The third-order valence-electron chi connectivity index (χ3n) is 1.92. The lowest BCUT2D eigenvalue weighted by molar-refractivity contribution is -0.160. The van der Waals surface area contributed by atoms with Gasteiger partial charge in [-0.3, -0.25) is 9.59 Å². The first-order valence-corrected chi connectivity index (χ1v) is 4.89. The average molecular weight is 220 g/mol. The number of carbonyl (C=O) groups is 2. The summed E-state index contributed by atoms with van der Waals surface area (Å²) in [5, 5.41) is 2.65. The number of esters is 1. The van der Waals surface area contributed by atoms with Crippen molar-refractivity contribution >= 4 is 17.6 Å². The van der Waals surface area contributed by atoms with E-state index in [-0.39, 0.29) is 5.91 Å². The van der Waals surface area contributed by atoms with E-state index in [1.165, 1.54) is 6.92 Å². The molecule has 0 atom stereocenters. The fourth-order valence-corrected chi connectivity index (χ4v) is 1.16. The Bertz CT molecular complexity index is 385. The highest BCUT2D eigenvalue weighted by molar-refractivity contribution is 5.97. The Morgan fingerprint density at radius 3 is 2.38 bits per heavy atom. The first kappa shape index (κ1) is 12.2. The fraction of sp³-hybridized carbons (Fsp3) is 0.333. The molecule has 0 aromatic heterocycles. The molecule has 1 rings (SSSR count). The summed E-state index contributed by atoms with van der Waals surface area (Å²) in [4.78, 5) is 22.6. The van der Waals surface area contributed by atoms with Gasteiger partial charge in [-0.15, -0.1) is 0 Å². The van der Waals surface area contributed by atoms with E-state index in [9.17, 15) is 9.59 Å². The molecule has 1 amide bonds. The minimum Gasteiger partial charge on any atom is -0.450 e. The molecule has 0 unspecified atom stereocenters. The number of carbonyl (C=O) groups excluding carboxylic acids is 2. The van der Waals surface area contributed by atoms with Gasteiger partial charge in [-0.25, -0.2) is 0 Å². The van der Waals surface area contributed by atoms with Crippen molar-refractivity contribution in [1.82, 2.24) is 0 Å². The van der Waals surface area contributed by atoms with Crippen LogP contribution in [-0.4, -0.2) is 17.5 Å². The number of rotatable bonds is 3. The van der Waals surface area contributed by atoms with E-state index in [4.69, 9.17) is 4.74 Å². The molecule has 0 spiro atoms. The highest BCUT2D eigenvalue weighted by Gasteiger charge is 2.30. The average Bonchev–Trinajstić information content (AvgIpc) is 2.17. The molecule has 16 heavy (non-hydrogen) atoms. The van der Waals surface area contributed by atoms with Crippen LogP contribution >= 0.6 is 0 Å². The molecule has 0 saturated heterocycles. The zero-order chi connectivity index (χ0) is 12.2. The van der Waals surface area contributed by atoms with Gasteiger partial charge < -0.3 is 10.1 Å². The summed E-state index contributed by atoms with van der Waals surface area (Å²) in [7, 11) is 0. The first-order valence-electron chi connectivity index (χ1n) is 4.89. The molecule has 0 aliphatic carbocycles. The van der Waals surface area contributed by atoms with Crippen molar-refractivity contribution < 1.29 is 14.3 Å². The lowest BCUT2D eigenvalue weighted by atomic mass is 10.1. The van der Waals surface area contributed by atoms with Crippen molar-refractivity contribution in [2.45, 2.75) is 26.4 Å². The van der Waals surface area contributed by atoms with Gasteiger partial charge in [-0.05, 0) is 32.0 Å². The first-order chi connectivity index (χ1) is 7.42. The van der Waals surface area contributed by atoms with Gasteiger partial charge in [0.1, 0.15) is 0 Å². The Kier molecular flexibility index (Phi) is 3.66. The minimum atomic E-state index is -1.18. The molecule has 0 saturated carbocycles. The Labute approximate surface area is 94.6 Å². The van der Waals surface area contributed by atoms with E-state index in [1.807, 2.05) is 0 Å². The number of anilines is 1. The highest BCUT2D eigenvalue weighted by atomic mass is 16.6. The van der Waals surface area contributed by atoms with Crippen LogP contribution in [0.15, 0.2) is 24.3 Å². The molecule has 4 heteroatoms. The molecule has 0 aliphatic rings. The van der Waals surface area contributed by atoms with Crippen molar-refractivity contribution in [3.05, 3.63) is 30.3 Å². The maximum Gasteiger partial charge on any atom is 0.303 e. The number of benzene rings is 1. The predicted molar refractivity (Wildman–Crippen MR) is 59.8 cm³/mol. The molecule has 1 aromatic carbocycles. The van der Waals surface area contributed by atoms with Crippen LogP contribution in [0.1, 0.15) is 20.8 Å². The molecular formula is C12H14NO3. The summed E-state index contributed by atoms with van der Waals surface area (Å²) in [6, 6.07) is 9.64. The number of amides is 1. The molecule has 1 aromatic rings. The van der Waals surface area contributed by atoms with E-state index in [2.05, 4.69) is 11.4 Å². The zero-order valence-corrected chi connectivity index (χ0v) is 9.53. The van der Waals surface area contributed by atoms with E-state index in [0.29, 0.717) is 5.69 Å². The van der Waals surface area contributed by atoms with E-state index in [1.54, 1.807) is 38.1 Å². The molecule has 0 aliphatic heterocycles. The van der Waals surface area contributed by atoms with Crippen LogP contribution in [0.3, 0.4) is 0 Å². The fourth-order valence-electron chi connectivity index (χ4n) is 1.16. The topological polar surface area (TPSA) is 55.4 Å². The van der Waals surface area contributed by atoms with Crippen LogP contribution in [0.2, 0.25) is 0 Å². The van der Waals surface area contributed by atoms with Crippen LogP contribution < -0.4 is 5.32 Å². The monoisotopic (exact) mass is 220 g/mol. The summed E-state index contributed by atoms with van der Waals surface area (Å²) in [6.07, 6.45) is 0. The maximum absolute atomic E-state index is 11.8. The van der Waals surface area contributed by atoms with Crippen LogP contribution in [0.5, 0.6) is 0 Å². The Hall–Kier alpha value is -1.84. The minimum absolute atomic E-state index is 0.367. The summed E-state index contributed by atoms with van der Waals surface area (Å²) in [5.74, 6) is -0.851. The SMILES string of the molecule is CC(=O)OC(C)(C)C(=O)Nc1cc[c]cc1. The van der Waals surface area contributed by atoms with Crippen LogP contribution in [0.4, 0.5) is 5.69 Å². The second-order valence-electron chi connectivity index (χ2n) is 3.85. The Morgan fingerprint density at radius 2 is 1.88 bits per heavy atom. The lowest BCUT2D eigenvalue weighted by Crippen LogP contribution is -2.41. The predicted octanol–water partition coefficient (Wildman–Crippen LogP) is 1.77. The lowest BCUT2D eigenvalue weighted by Gasteiger charge is -2.23. The molecule has 4 nitrogen and oxygen atoms in total. The van der Waals surface area contributed by atoms with E-state index >= 15 is 0 Å². The van der Waals surface area contributed by atoms with Crippen LogP contribution in [-0.2, 0) is 14.3 Å². The van der Waals surface area contributed by atoms with Crippen molar-refractivity contribution in [2.24, 2.45) is 0 Å². The van der Waals surface area contributed by atoms with Crippen molar-refractivity contribution in [1.29, 1.82) is 0 Å². The zero-order valence-electron chi connectivity index (χ0n) is 9.53. The van der Waals surface area contributed by atoms with E-state index in [0.717, 1.165) is 0 Å². The van der Waals surface area contributed by atoms with Gasteiger partial charge in [0, 0.05) is 12.6 Å². The largest absolute Gasteiger partial charge is 0.450 e. The number of hydrogen-bond donors (Lipinski definition) is 1. The summed E-state index contributed by atoms with van der Waals surface area (Å²) in [6.45, 7) is 4.35. The summed E-state index contributed by atoms with van der Waals surface area (Å²) >= 11 is 0. The second-order valence-corrected chi connectivity index (χ2v) is 3.85. The van der Waals surface area contributed by atoms with Crippen molar-refractivity contribution in [3.63, 3.8) is 0 Å². The number of nitrogens with one attached hydrogen (secondary N) is 1. The molecule has 0 fully saturated rings. The van der Waals surface area contributed by atoms with Gasteiger partial charge in [0.15, 0.2) is 5.60 Å². The highest BCUT2D eigenvalue weighted by Crippen LogP contribution is 2.14. The molecule has 1 radical (unpaired) electrons. The maximum atomic E-state index is 11.8. The van der Waals surface area contributed by atoms with Gasteiger partial charge in [0.25, 0.3) is 5.91 Å². The molecule has 0 bridgehead atoms. The van der Waals surface area contributed by atoms with Gasteiger partial charge in [-0.2, -0.15) is 0 Å². The number of ether oxygens (including phenoxy) is 1. The van der Waals surface area contributed by atoms with Crippen LogP contribution in [0, 0.1) is 6.07 Å². The van der Waals surface area contributed by atoms with Gasteiger partial charge in [-0.1, -0.05) is 12.1 Å².